The Bertz CT molecular complexity index is 683. The molecule has 8 heteroatoms. The van der Waals surface area contributed by atoms with Crippen LogP contribution in [0, 0.1) is 10.1 Å². The number of carbonyl (C=O) groups excluding carboxylic acids is 1. The van der Waals surface area contributed by atoms with Gasteiger partial charge in [0.15, 0.2) is 0 Å². The molecule has 0 saturated heterocycles. The molecule has 1 saturated carbocycles. The SMILES string of the molecule is Cn1cnc([N+](=O)[O-])c1NC(=O)c1ccoc1C1CC1. The van der Waals surface area contributed by atoms with Crippen LogP contribution < -0.4 is 5.32 Å². The lowest BCUT2D eigenvalue weighted by atomic mass is 10.2. The van der Waals surface area contributed by atoms with Gasteiger partial charge in [0.25, 0.3) is 5.91 Å². The summed E-state index contributed by atoms with van der Waals surface area (Å²) in [6.07, 6.45) is 4.74. The first-order valence-electron chi connectivity index (χ1n) is 6.12. The second-order valence-corrected chi connectivity index (χ2v) is 4.71. The number of anilines is 1. The van der Waals surface area contributed by atoms with E-state index in [1.807, 2.05) is 0 Å². The van der Waals surface area contributed by atoms with Gasteiger partial charge in [-0.2, -0.15) is 0 Å². The molecule has 2 heterocycles. The van der Waals surface area contributed by atoms with Crippen LogP contribution in [0.1, 0.15) is 34.9 Å². The van der Waals surface area contributed by atoms with Gasteiger partial charge in [0, 0.05) is 13.0 Å². The predicted octanol–water partition coefficient (Wildman–Crippen LogP) is 2.05. The Morgan fingerprint density at radius 3 is 3.00 bits per heavy atom. The summed E-state index contributed by atoms with van der Waals surface area (Å²) >= 11 is 0. The van der Waals surface area contributed by atoms with E-state index in [9.17, 15) is 14.9 Å². The van der Waals surface area contributed by atoms with E-state index in [0.29, 0.717) is 11.3 Å². The van der Waals surface area contributed by atoms with Gasteiger partial charge in [-0.15, -0.1) is 0 Å². The molecule has 0 atom stereocenters. The fourth-order valence-corrected chi connectivity index (χ4v) is 2.04. The standard InChI is InChI=1S/C12H12N4O4/c1-15-6-13-10(16(18)19)11(15)14-12(17)8-4-5-20-9(8)7-2-3-7/h4-7H,2-3H2,1H3,(H,14,17). The number of aryl methyl sites for hydroxylation is 1. The highest BCUT2D eigenvalue weighted by Gasteiger charge is 2.32. The quantitative estimate of drug-likeness (QED) is 0.679. The molecular formula is C12H12N4O4. The maximum absolute atomic E-state index is 12.2. The zero-order valence-corrected chi connectivity index (χ0v) is 10.7. The fraction of sp³-hybridized carbons (Fsp3) is 0.333. The van der Waals surface area contributed by atoms with Gasteiger partial charge < -0.3 is 19.8 Å². The third-order valence-corrected chi connectivity index (χ3v) is 3.21. The van der Waals surface area contributed by atoms with Crippen molar-refractivity contribution in [2.45, 2.75) is 18.8 Å². The Labute approximate surface area is 113 Å². The first-order valence-corrected chi connectivity index (χ1v) is 6.12. The maximum Gasteiger partial charge on any atom is 0.406 e. The van der Waals surface area contributed by atoms with Crippen LogP contribution in [0.2, 0.25) is 0 Å². The molecule has 0 aliphatic heterocycles. The highest BCUT2D eigenvalue weighted by atomic mass is 16.6. The number of furan rings is 1. The number of aromatic nitrogens is 2. The lowest BCUT2D eigenvalue weighted by molar-refractivity contribution is -0.388. The van der Waals surface area contributed by atoms with Crippen LogP contribution in [-0.4, -0.2) is 20.4 Å². The molecule has 0 unspecified atom stereocenters. The Hall–Kier alpha value is -2.64. The van der Waals surface area contributed by atoms with Crippen molar-refractivity contribution >= 4 is 17.5 Å². The molecular weight excluding hydrogens is 264 g/mol. The maximum atomic E-state index is 12.2. The average Bonchev–Trinajstić information content (AvgIpc) is 3.01. The van der Waals surface area contributed by atoms with Crippen molar-refractivity contribution in [1.29, 1.82) is 0 Å². The van der Waals surface area contributed by atoms with Crippen molar-refractivity contribution in [2.24, 2.45) is 7.05 Å². The molecule has 2 aromatic heterocycles. The van der Waals surface area contributed by atoms with Gasteiger partial charge in [-0.1, -0.05) is 0 Å². The third kappa shape index (κ3) is 2.04. The normalized spacial score (nSPS) is 14.2. The number of amides is 1. The molecule has 2 aromatic rings. The number of carbonyl (C=O) groups is 1. The monoisotopic (exact) mass is 276 g/mol. The summed E-state index contributed by atoms with van der Waals surface area (Å²) in [5.74, 6) is 0.187. The lowest BCUT2D eigenvalue weighted by Gasteiger charge is -2.05. The van der Waals surface area contributed by atoms with Gasteiger partial charge in [0.05, 0.1) is 11.8 Å². The van der Waals surface area contributed by atoms with Gasteiger partial charge >= 0.3 is 5.82 Å². The van der Waals surface area contributed by atoms with Crippen LogP contribution in [-0.2, 0) is 7.05 Å². The molecule has 0 bridgehead atoms. The molecule has 1 aliphatic carbocycles. The van der Waals surface area contributed by atoms with E-state index >= 15 is 0 Å². The van der Waals surface area contributed by atoms with Crippen molar-refractivity contribution in [3.05, 3.63) is 40.1 Å². The molecule has 20 heavy (non-hydrogen) atoms. The highest BCUT2D eigenvalue weighted by molar-refractivity contribution is 6.05. The minimum absolute atomic E-state index is 0.0583. The zero-order chi connectivity index (χ0) is 14.3. The van der Waals surface area contributed by atoms with E-state index < -0.39 is 10.8 Å². The number of imidazole rings is 1. The van der Waals surface area contributed by atoms with Crippen LogP contribution in [0.25, 0.3) is 0 Å². The Morgan fingerprint density at radius 1 is 1.60 bits per heavy atom. The molecule has 0 radical (unpaired) electrons. The van der Waals surface area contributed by atoms with Crippen molar-refractivity contribution in [2.75, 3.05) is 5.32 Å². The Morgan fingerprint density at radius 2 is 2.35 bits per heavy atom. The largest absolute Gasteiger partial charge is 0.468 e. The first-order chi connectivity index (χ1) is 9.58. The minimum Gasteiger partial charge on any atom is -0.468 e. The van der Waals surface area contributed by atoms with E-state index in [2.05, 4.69) is 10.3 Å². The average molecular weight is 276 g/mol. The zero-order valence-electron chi connectivity index (χ0n) is 10.7. The van der Waals surface area contributed by atoms with Gasteiger partial charge in [-0.05, 0) is 28.8 Å². The number of hydrogen-bond acceptors (Lipinski definition) is 5. The van der Waals surface area contributed by atoms with E-state index in [-0.39, 0.29) is 17.6 Å². The summed E-state index contributed by atoms with van der Waals surface area (Å²) in [4.78, 5) is 26.1. The highest BCUT2D eigenvalue weighted by Crippen LogP contribution is 2.42. The van der Waals surface area contributed by atoms with E-state index in [1.54, 1.807) is 13.1 Å². The van der Waals surface area contributed by atoms with Crippen molar-refractivity contribution in [3.8, 4) is 0 Å². The number of nitrogens with zero attached hydrogens (tertiary/aromatic N) is 3. The van der Waals surface area contributed by atoms with Crippen molar-refractivity contribution in [1.82, 2.24) is 9.55 Å². The summed E-state index contributed by atoms with van der Waals surface area (Å²) < 4.78 is 6.72. The summed E-state index contributed by atoms with van der Waals surface area (Å²) in [5, 5.41) is 13.4. The molecule has 3 rings (SSSR count). The molecule has 104 valence electrons. The van der Waals surface area contributed by atoms with Gasteiger partial charge in [-0.25, -0.2) is 0 Å². The Balaban J connectivity index is 1.87. The lowest BCUT2D eigenvalue weighted by Crippen LogP contribution is -2.15. The third-order valence-electron chi connectivity index (χ3n) is 3.21. The Kier molecular flexibility index (Phi) is 2.78. The summed E-state index contributed by atoms with van der Waals surface area (Å²) in [6.45, 7) is 0. The van der Waals surface area contributed by atoms with E-state index in [1.165, 1.54) is 17.2 Å². The van der Waals surface area contributed by atoms with Gasteiger partial charge in [0.2, 0.25) is 12.1 Å². The van der Waals surface area contributed by atoms with Crippen molar-refractivity contribution < 1.29 is 14.1 Å². The molecule has 0 aromatic carbocycles. The molecule has 0 spiro atoms. The predicted molar refractivity (Wildman–Crippen MR) is 68.5 cm³/mol. The summed E-state index contributed by atoms with van der Waals surface area (Å²) in [7, 11) is 1.58. The van der Waals surface area contributed by atoms with Crippen LogP contribution in [0.15, 0.2) is 23.1 Å². The molecule has 1 fully saturated rings. The van der Waals surface area contributed by atoms with Crippen LogP contribution >= 0.6 is 0 Å². The number of nitro groups is 1. The minimum atomic E-state index is -0.632. The van der Waals surface area contributed by atoms with Gasteiger partial charge in [-0.3, -0.25) is 9.36 Å². The van der Waals surface area contributed by atoms with Crippen LogP contribution in [0.5, 0.6) is 0 Å². The number of hydrogen-bond donors (Lipinski definition) is 1. The summed E-state index contributed by atoms with van der Waals surface area (Å²) in [6, 6.07) is 1.57. The van der Waals surface area contributed by atoms with Crippen molar-refractivity contribution in [3.63, 3.8) is 0 Å². The van der Waals surface area contributed by atoms with Gasteiger partial charge in [0.1, 0.15) is 5.76 Å². The van der Waals surface area contributed by atoms with Crippen LogP contribution in [0.4, 0.5) is 11.6 Å². The fourth-order valence-electron chi connectivity index (χ4n) is 2.04. The number of rotatable bonds is 4. The molecule has 1 amide bonds. The topological polar surface area (TPSA) is 103 Å². The second-order valence-electron chi connectivity index (χ2n) is 4.71. The first kappa shape index (κ1) is 12.4. The smallest absolute Gasteiger partial charge is 0.406 e. The second kappa shape index (κ2) is 4.48. The summed E-state index contributed by atoms with van der Waals surface area (Å²) in [5.41, 5.74) is 0.419. The van der Waals surface area contributed by atoms with Crippen LogP contribution in [0.3, 0.4) is 0 Å². The van der Waals surface area contributed by atoms with E-state index in [0.717, 1.165) is 12.8 Å². The molecule has 8 nitrogen and oxygen atoms in total. The number of nitrogens with one attached hydrogen (secondary N) is 1. The molecule has 1 aliphatic rings. The van der Waals surface area contributed by atoms with E-state index in [4.69, 9.17) is 4.42 Å². The molecule has 1 N–H and O–H groups in total.